The summed E-state index contributed by atoms with van der Waals surface area (Å²) in [7, 11) is 0. The Bertz CT molecular complexity index is 1350. The van der Waals surface area contributed by atoms with Crippen molar-refractivity contribution in [3.05, 3.63) is 53.5 Å². The Labute approximate surface area is 202 Å². The summed E-state index contributed by atoms with van der Waals surface area (Å²) in [6.07, 6.45) is -4.42. The van der Waals surface area contributed by atoms with Crippen LogP contribution < -0.4 is 14.8 Å². The molecule has 0 spiro atoms. The van der Waals surface area contributed by atoms with Gasteiger partial charge in [-0.2, -0.15) is 0 Å². The van der Waals surface area contributed by atoms with Crippen LogP contribution in [0.1, 0.15) is 47.7 Å². The Hall–Kier alpha value is -3.24. The van der Waals surface area contributed by atoms with E-state index in [4.69, 9.17) is 0 Å². The molecule has 1 aliphatic heterocycles. The van der Waals surface area contributed by atoms with Crippen LogP contribution in [0.4, 0.5) is 18.9 Å². The number of aliphatic hydroxyl groups is 2. The molecule has 2 aliphatic rings. The number of halogens is 3. The smallest absolute Gasteiger partial charge is 0.395 e. The molecule has 1 saturated carbocycles. The van der Waals surface area contributed by atoms with Crippen LogP contribution in [0.2, 0.25) is 0 Å². The summed E-state index contributed by atoms with van der Waals surface area (Å²) in [6, 6.07) is 8.85. The number of aliphatic hydroxyl groups excluding tert-OH is 1. The number of alkyl halides is 2. The average molecular weight is 495 g/mol. The van der Waals surface area contributed by atoms with Gasteiger partial charge in [0.1, 0.15) is 5.82 Å². The minimum atomic E-state index is -3.75. The van der Waals surface area contributed by atoms with Crippen molar-refractivity contribution in [2.24, 2.45) is 0 Å². The molecule has 0 atom stereocenters. The molecule has 2 heterocycles. The maximum absolute atomic E-state index is 15.2. The quantitative estimate of drug-likeness (QED) is 0.440. The number of hydrogen-bond acceptors (Lipinski definition) is 5. The lowest BCUT2D eigenvalue weighted by molar-refractivity contribution is -0.286. The third kappa shape index (κ3) is 4.10. The molecule has 1 amide bonds. The summed E-state index contributed by atoms with van der Waals surface area (Å²) in [5.74, 6) is -1.25. The summed E-state index contributed by atoms with van der Waals surface area (Å²) >= 11 is 0. The van der Waals surface area contributed by atoms with Crippen molar-refractivity contribution >= 4 is 22.5 Å². The van der Waals surface area contributed by atoms with Gasteiger partial charge in [-0.15, -0.1) is 8.78 Å². The lowest BCUT2D eigenvalue weighted by Crippen LogP contribution is -2.28. The summed E-state index contributed by atoms with van der Waals surface area (Å²) < 4.78 is 52.5. The molecule has 190 valence electrons. The third-order valence-electron chi connectivity index (χ3n) is 6.46. The first-order valence-corrected chi connectivity index (χ1v) is 11.2. The first-order valence-electron chi connectivity index (χ1n) is 11.2. The first-order chi connectivity index (χ1) is 16.3. The van der Waals surface area contributed by atoms with Crippen LogP contribution in [0.15, 0.2) is 36.4 Å². The van der Waals surface area contributed by atoms with Crippen molar-refractivity contribution < 1.29 is 40.5 Å². The zero-order valence-electron chi connectivity index (χ0n) is 19.4. The molecule has 1 aliphatic carbocycles. The standard InChI is InChI=1S/C25H25F3N2O5.2H2/c1-23(2,3)19-9-13-8-15(11-16(26)21(13)30(19)12-20(31)32)29-22(33)24(6-7-24)14-4-5-17-18(10-14)35-25(27,28)34-17;;/h4-5,8-11,20,31-32H,6-7,12H2,1-3H3,(H,29,33);2*1H. The number of nitrogens with one attached hydrogen (secondary N) is 1. The second-order valence-electron chi connectivity index (χ2n) is 10.1. The maximum Gasteiger partial charge on any atom is 0.586 e. The molecule has 3 aromatic rings. The second kappa shape index (κ2) is 7.63. The molecule has 0 saturated heterocycles. The van der Waals surface area contributed by atoms with Crippen LogP contribution in [-0.4, -0.2) is 33.3 Å². The highest BCUT2D eigenvalue weighted by molar-refractivity contribution is 6.02. The van der Waals surface area contributed by atoms with E-state index in [1.54, 1.807) is 18.2 Å². The fourth-order valence-electron chi connectivity index (χ4n) is 4.68. The van der Waals surface area contributed by atoms with E-state index in [-0.39, 0.29) is 38.0 Å². The zero-order chi connectivity index (χ0) is 25.3. The number of amides is 1. The van der Waals surface area contributed by atoms with E-state index in [2.05, 4.69) is 14.8 Å². The molecule has 1 aromatic heterocycles. The van der Waals surface area contributed by atoms with Gasteiger partial charge in [-0.1, -0.05) is 26.8 Å². The van der Waals surface area contributed by atoms with E-state index < -0.39 is 29.2 Å². The number of carbonyl (C=O) groups is 1. The Kier molecular flexibility index (Phi) is 5.12. The van der Waals surface area contributed by atoms with Gasteiger partial charge in [0.15, 0.2) is 17.8 Å². The van der Waals surface area contributed by atoms with Crippen LogP contribution in [0.5, 0.6) is 11.5 Å². The molecule has 0 bridgehead atoms. The van der Waals surface area contributed by atoms with Gasteiger partial charge in [0, 0.05) is 25.0 Å². The van der Waals surface area contributed by atoms with Gasteiger partial charge in [-0.25, -0.2) is 4.39 Å². The molecule has 0 unspecified atom stereocenters. The van der Waals surface area contributed by atoms with Gasteiger partial charge in [0.05, 0.1) is 17.5 Å². The van der Waals surface area contributed by atoms with Crippen molar-refractivity contribution in [1.29, 1.82) is 0 Å². The highest BCUT2D eigenvalue weighted by Crippen LogP contribution is 2.52. The molecule has 3 N–H and O–H groups in total. The molecule has 35 heavy (non-hydrogen) atoms. The number of benzene rings is 2. The van der Waals surface area contributed by atoms with Crippen LogP contribution in [0, 0.1) is 5.82 Å². The average Bonchev–Trinajstić information content (AvgIpc) is 3.36. The van der Waals surface area contributed by atoms with Crippen molar-refractivity contribution in [2.45, 2.75) is 63.6 Å². The number of aromatic nitrogens is 1. The summed E-state index contributed by atoms with van der Waals surface area (Å²) in [6.45, 7) is 5.59. The highest BCUT2D eigenvalue weighted by Gasteiger charge is 2.52. The largest absolute Gasteiger partial charge is 0.586 e. The molecule has 10 heteroatoms. The monoisotopic (exact) mass is 494 g/mol. The van der Waals surface area contributed by atoms with E-state index in [1.807, 2.05) is 20.8 Å². The molecule has 2 aromatic carbocycles. The number of ether oxygens (including phenoxy) is 2. The van der Waals surface area contributed by atoms with Gasteiger partial charge in [-0.3, -0.25) is 4.79 Å². The number of fused-ring (bicyclic) bond motifs is 2. The van der Waals surface area contributed by atoms with Crippen molar-refractivity contribution in [3.63, 3.8) is 0 Å². The van der Waals surface area contributed by atoms with Crippen LogP contribution in [0.3, 0.4) is 0 Å². The molecular weight excluding hydrogens is 465 g/mol. The Morgan fingerprint density at radius 2 is 1.83 bits per heavy atom. The van der Waals surface area contributed by atoms with Crippen molar-refractivity contribution in [2.75, 3.05) is 5.32 Å². The van der Waals surface area contributed by atoms with Gasteiger partial charge < -0.3 is 29.6 Å². The van der Waals surface area contributed by atoms with E-state index >= 15 is 4.39 Å². The van der Waals surface area contributed by atoms with Gasteiger partial charge in [-0.05, 0) is 48.7 Å². The van der Waals surface area contributed by atoms with Crippen molar-refractivity contribution in [1.82, 2.24) is 4.57 Å². The zero-order valence-corrected chi connectivity index (χ0v) is 19.4. The Morgan fingerprint density at radius 1 is 1.14 bits per heavy atom. The van der Waals surface area contributed by atoms with E-state index in [0.717, 1.165) is 0 Å². The number of hydrogen-bond donors (Lipinski definition) is 3. The SMILES string of the molecule is CC(C)(C)c1cc2cc(NC(=O)C3(c4ccc5c(c4)OC(F)(F)O5)CC3)cc(F)c2n1CC(O)O.[HH].[HH]. The summed E-state index contributed by atoms with van der Waals surface area (Å²) in [4.78, 5) is 13.2. The Balaban J connectivity index is 0.00000190. The molecule has 5 rings (SSSR count). The fraction of sp³-hybridized carbons (Fsp3) is 0.400. The topological polar surface area (TPSA) is 93.0 Å². The van der Waals surface area contributed by atoms with Gasteiger partial charge in [0.2, 0.25) is 5.91 Å². The van der Waals surface area contributed by atoms with Crippen LogP contribution in [-0.2, 0) is 22.2 Å². The van der Waals surface area contributed by atoms with Crippen LogP contribution >= 0.6 is 0 Å². The number of nitrogens with zero attached hydrogens (tertiary/aromatic N) is 1. The lowest BCUT2D eigenvalue weighted by Gasteiger charge is -2.22. The van der Waals surface area contributed by atoms with Crippen LogP contribution in [0.25, 0.3) is 10.9 Å². The van der Waals surface area contributed by atoms with Crippen molar-refractivity contribution in [3.8, 4) is 11.5 Å². The normalized spacial score (nSPS) is 17.7. The maximum atomic E-state index is 15.2. The number of carbonyl (C=O) groups excluding carboxylic acids is 1. The highest BCUT2D eigenvalue weighted by atomic mass is 19.3. The van der Waals surface area contributed by atoms with Gasteiger partial charge >= 0.3 is 6.29 Å². The van der Waals surface area contributed by atoms with E-state index in [1.165, 1.54) is 22.8 Å². The molecule has 7 nitrogen and oxygen atoms in total. The summed E-state index contributed by atoms with van der Waals surface area (Å²) in [5, 5.41) is 22.3. The third-order valence-corrected chi connectivity index (χ3v) is 6.46. The predicted octanol–water partition coefficient (Wildman–Crippen LogP) is 4.87. The fourth-order valence-corrected chi connectivity index (χ4v) is 4.68. The number of anilines is 1. The first kappa shape index (κ1) is 23.5. The van der Waals surface area contributed by atoms with Gasteiger partial charge in [0.25, 0.3) is 0 Å². The molecule has 0 radical (unpaired) electrons. The minimum absolute atomic E-state index is 0. The lowest BCUT2D eigenvalue weighted by atomic mass is 9.92. The minimum Gasteiger partial charge on any atom is -0.395 e. The molecular formula is C25H29F3N2O5. The number of rotatable bonds is 5. The Morgan fingerprint density at radius 3 is 2.46 bits per heavy atom. The summed E-state index contributed by atoms with van der Waals surface area (Å²) in [5.41, 5.74) is 0.316. The van der Waals surface area contributed by atoms with E-state index in [0.29, 0.717) is 29.5 Å². The predicted molar refractivity (Wildman–Crippen MR) is 125 cm³/mol. The van der Waals surface area contributed by atoms with E-state index in [9.17, 15) is 23.8 Å². The second-order valence-corrected chi connectivity index (χ2v) is 10.1. The molecule has 1 fully saturated rings.